The van der Waals surface area contributed by atoms with E-state index in [2.05, 4.69) is 0 Å². The second-order valence-electron chi connectivity index (χ2n) is 10.1. The molecule has 0 aliphatic carbocycles. The van der Waals surface area contributed by atoms with Crippen molar-refractivity contribution in [2.75, 3.05) is 5.73 Å². The largest absolute Gasteiger partial charge is 0.505 e. The second kappa shape index (κ2) is 12.9. The van der Waals surface area contributed by atoms with E-state index in [-0.39, 0.29) is 48.1 Å². The monoisotopic (exact) mass is 613 g/mol. The van der Waals surface area contributed by atoms with Crippen LogP contribution in [0.3, 0.4) is 0 Å². The van der Waals surface area contributed by atoms with Crippen molar-refractivity contribution in [3.63, 3.8) is 0 Å². The third-order valence-corrected chi connectivity index (χ3v) is 8.74. The molecule has 1 amide bonds. The summed E-state index contributed by atoms with van der Waals surface area (Å²) < 4.78 is 55.5. The summed E-state index contributed by atoms with van der Waals surface area (Å²) >= 11 is 6.01. The van der Waals surface area contributed by atoms with E-state index in [9.17, 15) is 27.1 Å². The fraction of sp³-hybridized carbons (Fsp3) is 0.194. The molecule has 0 spiro atoms. The zero-order valence-electron chi connectivity index (χ0n) is 23.0. The van der Waals surface area contributed by atoms with Gasteiger partial charge in [-0.15, -0.1) is 0 Å². The molecule has 0 saturated heterocycles. The first-order chi connectivity index (χ1) is 19.8. The molecule has 7 nitrogen and oxygen atoms in total. The van der Waals surface area contributed by atoms with E-state index < -0.39 is 26.5 Å². The molecule has 0 saturated carbocycles. The van der Waals surface area contributed by atoms with E-state index in [0.29, 0.717) is 16.7 Å². The molecule has 0 atom stereocenters. The highest BCUT2D eigenvalue weighted by molar-refractivity contribution is 7.89. The summed E-state index contributed by atoms with van der Waals surface area (Å²) in [7, 11) is -4.35. The summed E-state index contributed by atoms with van der Waals surface area (Å²) in [4.78, 5) is 14.6. The maximum absolute atomic E-state index is 13.8. The molecule has 4 rings (SSSR count). The van der Waals surface area contributed by atoms with Crippen LogP contribution in [0, 0.1) is 11.6 Å². The molecule has 220 valence electrons. The fourth-order valence-corrected chi connectivity index (χ4v) is 6.19. The Bertz CT molecular complexity index is 1660. The molecule has 0 aliphatic rings. The van der Waals surface area contributed by atoms with Crippen LogP contribution in [0.4, 0.5) is 14.5 Å². The summed E-state index contributed by atoms with van der Waals surface area (Å²) in [6.45, 7) is 3.77. The smallest absolute Gasteiger partial charge is 0.254 e. The zero-order valence-corrected chi connectivity index (χ0v) is 24.5. The molecule has 42 heavy (non-hydrogen) atoms. The minimum absolute atomic E-state index is 0.0521. The van der Waals surface area contributed by atoms with Crippen LogP contribution in [0.5, 0.6) is 5.75 Å². The third kappa shape index (κ3) is 7.25. The van der Waals surface area contributed by atoms with Gasteiger partial charge in [-0.2, -0.15) is 4.31 Å². The van der Waals surface area contributed by atoms with Crippen LogP contribution in [0.1, 0.15) is 40.9 Å². The Morgan fingerprint density at radius 3 is 1.76 bits per heavy atom. The Balaban J connectivity index is 1.62. The van der Waals surface area contributed by atoms with Crippen LogP contribution < -0.4 is 5.73 Å². The van der Waals surface area contributed by atoms with Crippen molar-refractivity contribution < 1.29 is 27.1 Å². The van der Waals surface area contributed by atoms with Gasteiger partial charge in [0, 0.05) is 36.9 Å². The van der Waals surface area contributed by atoms with Gasteiger partial charge in [0.2, 0.25) is 10.0 Å². The number of aromatic hydroxyl groups is 1. The van der Waals surface area contributed by atoms with Gasteiger partial charge in [0.15, 0.2) is 5.75 Å². The molecular weight excluding hydrogens is 584 g/mol. The fourth-order valence-electron chi connectivity index (χ4n) is 4.35. The van der Waals surface area contributed by atoms with Crippen molar-refractivity contribution in [3.05, 3.63) is 124 Å². The number of benzene rings is 4. The summed E-state index contributed by atoms with van der Waals surface area (Å²) in [5.41, 5.74) is 8.11. The number of amides is 1. The van der Waals surface area contributed by atoms with Crippen molar-refractivity contribution in [3.8, 4) is 5.75 Å². The highest BCUT2D eigenvalue weighted by atomic mass is 35.5. The minimum atomic E-state index is -4.35. The van der Waals surface area contributed by atoms with Gasteiger partial charge in [-0.3, -0.25) is 4.79 Å². The van der Waals surface area contributed by atoms with Crippen molar-refractivity contribution in [1.82, 2.24) is 9.21 Å². The molecule has 0 bridgehead atoms. The van der Waals surface area contributed by atoms with Gasteiger partial charge in [-0.25, -0.2) is 17.2 Å². The van der Waals surface area contributed by atoms with Crippen LogP contribution in [-0.2, 0) is 29.7 Å². The lowest BCUT2D eigenvalue weighted by molar-refractivity contribution is 0.0690. The number of phenolic OH excluding ortho intramolecular Hbond substituents is 1. The van der Waals surface area contributed by atoms with E-state index in [0.717, 1.165) is 15.9 Å². The summed E-state index contributed by atoms with van der Waals surface area (Å²) in [6, 6.07) is 20.0. The number of hydrogen-bond acceptors (Lipinski definition) is 5. The van der Waals surface area contributed by atoms with Crippen LogP contribution in [0.2, 0.25) is 5.02 Å². The molecule has 3 N–H and O–H groups in total. The van der Waals surface area contributed by atoms with Crippen molar-refractivity contribution in [1.29, 1.82) is 0 Å². The Morgan fingerprint density at radius 2 is 1.29 bits per heavy atom. The number of nitrogens with zero attached hydrogens (tertiary/aromatic N) is 2. The van der Waals surface area contributed by atoms with Crippen molar-refractivity contribution >= 4 is 33.2 Å². The molecule has 4 aromatic carbocycles. The number of nitrogen functional groups attached to an aromatic ring is 1. The number of hydrogen-bond donors (Lipinski definition) is 2. The number of halogens is 3. The van der Waals surface area contributed by atoms with Gasteiger partial charge in [-0.05, 0) is 79.1 Å². The minimum Gasteiger partial charge on any atom is -0.505 e. The summed E-state index contributed by atoms with van der Waals surface area (Å²) in [6.07, 6.45) is 0. The Kier molecular flexibility index (Phi) is 9.50. The quantitative estimate of drug-likeness (QED) is 0.160. The normalized spacial score (nSPS) is 11.7. The number of sulfonamides is 1. The first-order valence-electron chi connectivity index (χ1n) is 13.0. The van der Waals surface area contributed by atoms with Crippen LogP contribution in [0.15, 0.2) is 89.8 Å². The molecule has 0 aliphatic heterocycles. The molecule has 0 fully saturated rings. The Labute approximate surface area is 248 Å². The van der Waals surface area contributed by atoms with Gasteiger partial charge in [0.05, 0.1) is 5.02 Å². The number of rotatable bonds is 10. The highest BCUT2D eigenvalue weighted by Gasteiger charge is 2.30. The SMILES string of the molecule is CC(C)N(Cc1ccc(F)cc1)C(=O)c1ccc(CN(Cc2ccc(F)cc2)S(=O)(=O)c2cc(N)cc(Cl)c2O)cc1. The van der Waals surface area contributed by atoms with Crippen molar-refractivity contribution in [2.24, 2.45) is 0 Å². The number of anilines is 1. The lowest BCUT2D eigenvalue weighted by Gasteiger charge is -2.27. The van der Waals surface area contributed by atoms with Crippen molar-refractivity contribution in [2.45, 2.75) is 44.4 Å². The lowest BCUT2D eigenvalue weighted by Crippen LogP contribution is -2.36. The standard InChI is InChI=1S/C31H30ClF2N3O4S/c1-20(2)37(19-23-7-13-26(34)14-8-23)31(39)24-9-3-21(4-10-24)17-36(18-22-5-11-25(33)12-6-22)42(40,41)29-16-27(35)15-28(32)30(29)38/h3-16,20,38H,17-19,35H2,1-2H3. The van der Waals surface area contributed by atoms with E-state index in [1.807, 2.05) is 13.8 Å². The Hall–Kier alpha value is -3.99. The average Bonchev–Trinajstić information content (AvgIpc) is 2.95. The maximum atomic E-state index is 13.8. The van der Waals surface area contributed by atoms with E-state index in [1.165, 1.54) is 42.5 Å². The zero-order chi connectivity index (χ0) is 30.6. The van der Waals surface area contributed by atoms with E-state index in [4.69, 9.17) is 17.3 Å². The third-order valence-electron chi connectivity index (χ3n) is 6.65. The molecule has 0 aromatic heterocycles. The molecule has 0 unspecified atom stereocenters. The maximum Gasteiger partial charge on any atom is 0.254 e. The van der Waals surface area contributed by atoms with Gasteiger partial charge < -0.3 is 15.7 Å². The molecule has 0 radical (unpaired) electrons. The number of nitrogens with two attached hydrogens (primary N) is 1. The topological polar surface area (TPSA) is 104 Å². The van der Waals surface area contributed by atoms with Crippen LogP contribution in [-0.4, -0.2) is 34.7 Å². The lowest BCUT2D eigenvalue weighted by atomic mass is 10.1. The molecule has 4 aromatic rings. The van der Waals surface area contributed by atoms with Gasteiger partial charge in [0.25, 0.3) is 5.91 Å². The molecule has 11 heteroatoms. The van der Waals surface area contributed by atoms with Gasteiger partial charge >= 0.3 is 0 Å². The first kappa shape index (κ1) is 31.0. The number of carbonyl (C=O) groups excluding carboxylic acids is 1. The first-order valence-corrected chi connectivity index (χ1v) is 14.8. The Morgan fingerprint density at radius 1 is 0.833 bits per heavy atom. The van der Waals surface area contributed by atoms with Crippen LogP contribution in [0.25, 0.3) is 0 Å². The number of carbonyl (C=O) groups is 1. The predicted molar refractivity (Wildman–Crippen MR) is 158 cm³/mol. The van der Waals surface area contributed by atoms with Gasteiger partial charge in [-0.1, -0.05) is 48.0 Å². The van der Waals surface area contributed by atoms with E-state index >= 15 is 0 Å². The average molecular weight is 614 g/mol. The summed E-state index contributed by atoms with van der Waals surface area (Å²) in [5.74, 6) is -1.70. The highest BCUT2D eigenvalue weighted by Crippen LogP contribution is 2.36. The van der Waals surface area contributed by atoms with Gasteiger partial charge in [0.1, 0.15) is 16.5 Å². The molecular formula is C31H30ClF2N3O4S. The summed E-state index contributed by atoms with van der Waals surface area (Å²) in [5, 5.41) is 10.3. The molecule has 0 heterocycles. The van der Waals surface area contributed by atoms with Crippen LogP contribution >= 0.6 is 11.6 Å². The number of phenols is 1. The predicted octanol–water partition coefficient (Wildman–Crippen LogP) is 6.35. The van der Waals surface area contributed by atoms with E-state index in [1.54, 1.807) is 41.3 Å². The second-order valence-corrected chi connectivity index (χ2v) is 12.4.